The highest BCUT2D eigenvalue weighted by Crippen LogP contribution is 2.52. The highest BCUT2D eigenvalue weighted by atomic mass is 15.2. The van der Waals surface area contributed by atoms with E-state index < -0.39 is 0 Å². The lowest BCUT2D eigenvalue weighted by Crippen LogP contribution is -2.16. The van der Waals surface area contributed by atoms with Gasteiger partial charge in [0.25, 0.3) is 0 Å². The lowest BCUT2D eigenvalue weighted by Gasteiger charge is -2.33. The van der Waals surface area contributed by atoms with E-state index in [2.05, 4.69) is 541 Å². The van der Waals surface area contributed by atoms with E-state index in [1.165, 1.54) is 54.3 Å². The third-order valence-electron chi connectivity index (χ3n) is 27.4. The summed E-state index contributed by atoms with van der Waals surface area (Å²) in [6.45, 7) is 2.33. The van der Waals surface area contributed by atoms with Crippen molar-refractivity contribution in [3.63, 3.8) is 0 Å². The molecule has 0 N–H and O–H groups in total. The monoisotopic (exact) mass is 1710 g/mol. The van der Waals surface area contributed by atoms with Crippen molar-refractivity contribution in [2.45, 2.75) is 13.3 Å². The molecule has 0 bridgehead atoms. The Morgan fingerprint density at radius 1 is 0.194 bits per heavy atom. The van der Waals surface area contributed by atoms with E-state index in [4.69, 9.17) is 0 Å². The first kappa shape index (κ1) is 77.5. The smallest absolute Gasteiger partial charge is 0.0547 e. The van der Waals surface area contributed by atoms with Gasteiger partial charge in [-0.2, -0.15) is 0 Å². The second-order valence-corrected chi connectivity index (χ2v) is 35.3. The molecule has 0 saturated heterocycles. The Kier molecular flexibility index (Phi) is 18.5. The molecule has 1 aliphatic carbocycles. The van der Waals surface area contributed by atoms with E-state index in [1.807, 2.05) is 0 Å². The SMILES string of the molecule is CC1C=C(n2c3ccc(N(c4ccc5c(c4)c4ccccc4n5-c4ccccc4)c4cccc5ccccc45)cc3c3ccc(-c4ccc5c6cc(N(c7ccccc7)c7cc(N(c8ccccc8)c8ccc9c(c8)c8ccccc8n9-c8ccccc8)cc(N(c8ccccc8)c8ccc9c(c8)c8ccccc8n9-c8ccccc8)c7)ccc6n(-c6ccccc6)c5c4)cc32)C=CC1. The van der Waals surface area contributed by atoms with Crippen molar-refractivity contribution in [3.05, 3.63) is 491 Å². The van der Waals surface area contributed by atoms with Gasteiger partial charge in [-0.15, -0.1) is 0 Å². The number of anilines is 12. The molecule has 632 valence electrons. The first-order valence-electron chi connectivity index (χ1n) is 46.3. The average molecular weight is 1720 g/mol. The minimum Gasteiger partial charge on any atom is -0.310 e. The van der Waals surface area contributed by atoms with Crippen LogP contribution in [0.1, 0.15) is 13.3 Å². The molecule has 1 atom stereocenters. The Bertz CT molecular complexity index is 8770. The van der Waals surface area contributed by atoms with E-state index in [-0.39, 0.29) is 0 Å². The summed E-state index contributed by atoms with van der Waals surface area (Å²) in [5.41, 5.74) is 31.5. The maximum atomic E-state index is 2.52. The van der Waals surface area contributed by atoms with Gasteiger partial charge in [0.1, 0.15) is 0 Å². The molecule has 0 saturated carbocycles. The first-order valence-corrected chi connectivity index (χ1v) is 46.3. The molecule has 134 heavy (non-hydrogen) atoms. The van der Waals surface area contributed by atoms with Crippen LogP contribution >= 0.6 is 0 Å². The van der Waals surface area contributed by atoms with E-state index in [9.17, 15) is 0 Å². The Morgan fingerprint density at radius 2 is 0.478 bits per heavy atom. The van der Waals surface area contributed by atoms with Gasteiger partial charge in [-0.25, -0.2) is 0 Å². The van der Waals surface area contributed by atoms with Gasteiger partial charge in [-0.3, -0.25) is 0 Å². The summed E-state index contributed by atoms with van der Waals surface area (Å²) >= 11 is 0. The summed E-state index contributed by atoms with van der Waals surface area (Å²) < 4.78 is 12.2. The van der Waals surface area contributed by atoms with Crippen LogP contribution in [0.4, 0.5) is 68.2 Å². The van der Waals surface area contributed by atoms with Crippen molar-refractivity contribution in [1.29, 1.82) is 0 Å². The Balaban J connectivity index is 0.656. The predicted octanol–water partition coefficient (Wildman–Crippen LogP) is 34.3. The zero-order valence-corrected chi connectivity index (χ0v) is 73.6. The van der Waals surface area contributed by atoms with Crippen molar-refractivity contribution in [1.82, 2.24) is 22.8 Å². The van der Waals surface area contributed by atoms with Crippen LogP contribution in [0.15, 0.2) is 491 Å². The van der Waals surface area contributed by atoms with Gasteiger partial charge in [0.2, 0.25) is 0 Å². The molecule has 20 aromatic carbocycles. The summed E-state index contributed by atoms with van der Waals surface area (Å²) in [5, 5.41) is 14.1. The van der Waals surface area contributed by atoms with Crippen LogP contribution in [0.2, 0.25) is 0 Å². The quantitative estimate of drug-likeness (QED) is 0.0858. The van der Waals surface area contributed by atoms with Gasteiger partial charge in [0, 0.05) is 133 Å². The van der Waals surface area contributed by atoms with Crippen LogP contribution in [-0.4, -0.2) is 22.8 Å². The molecular weight excluding hydrogens is 1630 g/mol. The Morgan fingerprint density at radius 3 is 0.843 bits per heavy atom. The minimum absolute atomic E-state index is 0.358. The van der Waals surface area contributed by atoms with Crippen molar-refractivity contribution >= 4 is 194 Å². The second kappa shape index (κ2) is 31.9. The fourth-order valence-corrected chi connectivity index (χ4v) is 21.5. The molecule has 0 amide bonds. The number of para-hydroxylation sites is 10. The van der Waals surface area contributed by atoms with Gasteiger partial charge in [0.05, 0.1) is 77.9 Å². The Hall–Kier alpha value is -17.7. The summed E-state index contributed by atoms with van der Waals surface area (Å²) in [6.07, 6.45) is 8.13. The molecular formula is C125H87N9. The first-order chi connectivity index (χ1) is 66.4. The number of rotatable bonds is 18. The average Bonchev–Trinajstić information content (AvgIpc) is 1.58. The van der Waals surface area contributed by atoms with Gasteiger partial charge >= 0.3 is 0 Å². The fourth-order valence-electron chi connectivity index (χ4n) is 21.5. The number of nitrogens with zero attached hydrogens (tertiary/aromatic N) is 9. The third-order valence-corrected chi connectivity index (χ3v) is 27.4. The summed E-state index contributed by atoms with van der Waals surface area (Å²) in [7, 11) is 0. The lowest BCUT2D eigenvalue weighted by molar-refractivity contribution is 0.735. The number of hydrogen-bond donors (Lipinski definition) is 0. The van der Waals surface area contributed by atoms with E-state index >= 15 is 0 Å². The summed E-state index contributed by atoms with van der Waals surface area (Å²) in [4.78, 5) is 9.85. The van der Waals surface area contributed by atoms with E-state index in [0.29, 0.717) is 5.92 Å². The summed E-state index contributed by atoms with van der Waals surface area (Å²) in [5.74, 6) is 0.358. The van der Waals surface area contributed by atoms with Crippen LogP contribution in [0.3, 0.4) is 0 Å². The maximum absolute atomic E-state index is 2.52. The maximum Gasteiger partial charge on any atom is 0.0547 e. The fraction of sp³-hybridized carbons (Fsp3) is 0.0240. The van der Waals surface area contributed by atoms with Crippen LogP contribution < -0.4 is 19.6 Å². The van der Waals surface area contributed by atoms with Crippen LogP contribution in [0.5, 0.6) is 0 Å². The topological polar surface area (TPSA) is 37.6 Å². The largest absolute Gasteiger partial charge is 0.310 e. The van der Waals surface area contributed by atoms with Gasteiger partial charge in [0.15, 0.2) is 0 Å². The number of allylic oxidation sites excluding steroid dienone is 4. The molecule has 26 rings (SSSR count). The molecule has 5 aromatic heterocycles. The molecule has 9 heteroatoms. The molecule has 1 unspecified atom stereocenters. The molecule has 0 spiro atoms. The minimum atomic E-state index is 0.358. The molecule has 0 radical (unpaired) electrons. The number of benzene rings is 20. The molecule has 5 heterocycles. The van der Waals surface area contributed by atoms with Crippen molar-refractivity contribution in [2.75, 3.05) is 19.6 Å². The van der Waals surface area contributed by atoms with Crippen molar-refractivity contribution in [2.24, 2.45) is 5.92 Å². The highest BCUT2D eigenvalue weighted by molar-refractivity contribution is 6.18. The van der Waals surface area contributed by atoms with E-state index in [0.717, 1.165) is 180 Å². The standard InChI is InChI=1S/C125H87N9/c1-84-33-31-50-95(73-84)134-123-72-65-100(129(115-58-32-35-85-34-23-24-51-104(85)115)99-64-71-121-112(82-99)107-54-27-30-57-118(107)132(121)93-46-19-7-20-47-93)83-114(123)109-67-60-87(75-125(109)134)86-59-66-108-113-81-98(63-70-122(113)133(124(108)74-86)94-48-21-8-22-49-94)128(90-40-13-4-14-41-90)103-77-101(126(88-36-9-2-10-37-88)96-61-68-119-110(79-96)105-52-25-28-55-116(105)130(119)91-42-15-5-16-43-91)76-102(78-103)127(89-38-11-3-12-39-89)97-62-69-120-111(80-97)106-53-26-29-56-117(106)131(120)92-44-17-6-18-45-92/h2-32,34-84H,33H2,1H3. The van der Waals surface area contributed by atoms with E-state index in [1.54, 1.807) is 0 Å². The molecule has 9 nitrogen and oxygen atoms in total. The molecule has 1 aliphatic rings. The molecule has 25 aromatic rings. The normalized spacial score (nSPS) is 12.9. The number of fused-ring (bicyclic) bond motifs is 16. The van der Waals surface area contributed by atoms with Crippen molar-refractivity contribution in [3.8, 4) is 33.9 Å². The predicted molar refractivity (Wildman–Crippen MR) is 566 cm³/mol. The van der Waals surface area contributed by atoms with Crippen LogP contribution in [-0.2, 0) is 0 Å². The lowest BCUT2D eigenvalue weighted by atomic mass is 10.0. The second-order valence-electron chi connectivity index (χ2n) is 35.3. The van der Waals surface area contributed by atoms with Gasteiger partial charge in [-0.1, -0.05) is 262 Å². The third kappa shape index (κ3) is 12.9. The zero-order chi connectivity index (χ0) is 88.4. The Labute approximate surface area is 775 Å². The molecule has 0 aliphatic heterocycles. The zero-order valence-electron chi connectivity index (χ0n) is 73.6. The highest BCUT2D eigenvalue weighted by Gasteiger charge is 2.29. The number of hydrogen-bond acceptors (Lipinski definition) is 4. The van der Waals surface area contributed by atoms with Crippen LogP contribution in [0.25, 0.3) is 159 Å². The van der Waals surface area contributed by atoms with Gasteiger partial charge in [-0.05, 0) is 265 Å². The molecule has 0 fully saturated rings. The number of aromatic nitrogens is 5. The van der Waals surface area contributed by atoms with Crippen LogP contribution in [0, 0.1) is 5.92 Å². The van der Waals surface area contributed by atoms with Crippen molar-refractivity contribution < 1.29 is 0 Å². The van der Waals surface area contributed by atoms with Gasteiger partial charge < -0.3 is 42.4 Å². The summed E-state index contributed by atoms with van der Waals surface area (Å²) in [6, 6.07) is 175.